The molecule has 0 saturated heterocycles. The Bertz CT molecular complexity index is 366. The molecular weight excluding hydrogens is 238 g/mol. The van der Waals surface area contributed by atoms with Crippen molar-refractivity contribution in [3.8, 4) is 11.5 Å². The number of benzene rings is 1. The van der Waals surface area contributed by atoms with E-state index in [1.165, 1.54) is 18.4 Å². The van der Waals surface area contributed by atoms with Crippen LogP contribution in [0.25, 0.3) is 0 Å². The molecule has 1 N–H and O–H groups in total. The first-order valence-electron chi connectivity index (χ1n) is 7.25. The van der Waals surface area contributed by atoms with Gasteiger partial charge in [-0.1, -0.05) is 26.3 Å². The van der Waals surface area contributed by atoms with E-state index in [9.17, 15) is 0 Å². The first kappa shape index (κ1) is 15.8. The molecule has 0 aliphatic rings. The Labute approximate surface area is 117 Å². The van der Waals surface area contributed by atoms with Crippen LogP contribution in [0.1, 0.15) is 45.6 Å². The van der Waals surface area contributed by atoms with Gasteiger partial charge in [0.05, 0.1) is 13.2 Å². The highest BCUT2D eigenvalue weighted by atomic mass is 16.5. The van der Waals surface area contributed by atoms with Gasteiger partial charge in [-0.15, -0.1) is 0 Å². The summed E-state index contributed by atoms with van der Waals surface area (Å²) in [5.74, 6) is 1.64. The van der Waals surface area contributed by atoms with Crippen LogP contribution in [0.2, 0.25) is 0 Å². The minimum Gasteiger partial charge on any atom is -0.493 e. The molecule has 0 fully saturated rings. The van der Waals surface area contributed by atoms with E-state index in [-0.39, 0.29) is 6.10 Å². The van der Waals surface area contributed by atoms with E-state index in [1.807, 2.05) is 6.07 Å². The van der Waals surface area contributed by atoms with E-state index >= 15 is 0 Å². The lowest BCUT2D eigenvalue weighted by Gasteiger charge is -2.16. The van der Waals surface area contributed by atoms with Gasteiger partial charge < -0.3 is 14.8 Å². The number of nitrogens with one attached hydrogen (secondary N) is 1. The summed E-state index contributed by atoms with van der Waals surface area (Å²) in [5.41, 5.74) is 1.23. The van der Waals surface area contributed by atoms with Gasteiger partial charge in [0, 0.05) is 6.54 Å². The maximum atomic E-state index is 5.84. The van der Waals surface area contributed by atoms with Crippen molar-refractivity contribution < 1.29 is 9.47 Å². The second-order valence-corrected chi connectivity index (χ2v) is 4.85. The van der Waals surface area contributed by atoms with Gasteiger partial charge in [-0.05, 0) is 44.0 Å². The summed E-state index contributed by atoms with van der Waals surface area (Å²) in [7, 11) is 1.69. The van der Waals surface area contributed by atoms with Crippen LogP contribution in [0, 0.1) is 0 Å². The Morgan fingerprint density at radius 1 is 1.21 bits per heavy atom. The van der Waals surface area contributed by atoms with Gasteiger partial charge in [-0.3, -0.25) is 0 Å². The molecular formula is C16H27NO2. The van der Waals surface area contributed by atoms with Crippen molar-refractivity contribution in [3.63, 3.8) is 0 Å². The largest absolute Gasteiger partial charge is 0.493 e. The molecule has 3 nitrogen and oxygen atoms in total. The Morgan fingerprint density at radius 2 is 2.00 bits per heavy atom. The van der Waals surface area contributed by atoms with Crippen molar-refractivity contribution in [2.75, 3.05) is 13.7 Å². The molecule has 0 heterocycles. The van der Waals surface area contributed by atoms with Gasteiger partial charge in [0.25, 0.3) is 0 Å². The molecule has 0 aliphatic heterocycles. The van der Waals surface area contributed by atoms with Crippen molar-refractivity contribution in [3.05, 3.63) is 23.8 Å². The van der Waals surface area contributed by atoms with Gasteiger partial charge in [0.15, 0.2) is 11.5 Å². The summed E-state index contributed by atoms with van der Waals surface area (Å²) in [5, 5.41) is 3.43. The molecule has 0 unspecified atom stereocenters. The van der Waals surface area contributed by atoms with Gasteiger partial charge in [-0.25, -0.2) is 0 Å². The number of unbranched alkanes of at least 4 members (excludes halogenated alkanes) is 1. The normalized spacial score (nSPS) is 12.2. The highest BCUT2D eigenvalue weighted by molar-refractivity contribution is 5.43. The average molecular weight is 265 g/mol. The number of ether oxygens (including phenoxy) is 2. The maximum absolute atomic E-state index is 5.84. The second kappa shape index (κ2) is 8.81. The third kappa shape index (κ3) is 5.52. The molecule has 0 amide bonds. The molecule has 3 heteroatoms. The molecule has 0 aliphatic carbocycles. The van der Waals surface area contributed by atoms with Crippen LogP contribution in [-0.2, 0) is 6.54 Å². The van der Waals surface area contributed by atoms with E-state index < -0.39 is 0 Å². The van der Waals surface area contributed by atoms with Crippen LogP contribution in [0.15, 0.2) is 18.2 Å². The molecule has 0 bridgehead atoms. The first-order valence-corrected chi connectivity index (χ1v) is 7.25. The van der Waals surface area contributed by atoms with Crippen LogP contribution >= 0.6 is 0 Å². The Hall–Kier alpha value is -1.22. The van der Waals surface area contributed by atoms with Crippen molar-refractivity contribution in [1.29, 1.82) is 0 Å². The number of rotatable bonds is 9. The zero-order valence-electron chi connectivity index (χ0n) is 12.7. The third-order valence-electron chi connectivity index (χ3n) is 3.17. The Balaban J connectivity index is 2.61. The molecule has 0 aromatic heterocycles. The topological polar surface area (TPSA) is 30.5 Å². The highest BCUT2D eigenvalue weighted by Gasteiger charge is 2.08. The molecule has 1 aromatic rings. The van der Waals surface area contributed by atoms with Gasteiger partial charge in [-0.2, -0.15) is 0 Å². The molecule has 19 heavy (non-hydrogen) atoms. The van der Waals surface area contributed by atoms with Crippen LogP contribution in [-0.4, -0.2) is 19.8 Å². The Kier molecular flexibility index (Phi) is 7.34. The van der Waals surface area contributed by atoms with Gasteiger partial charge in [0.2, 0.25) is 0 Å². The predicted molar refractivity (Wildman–Crippen MR) is 80.0 cm³/mol. The lowest BCUT2D eigenvalue weighted by atomic mass is 10.2. The second-order valence-electron chi connectivity index (χ2n) is 4.85. The Morgan fingerprint density at radius 3 is 2.63 bits per heavy atom. The monoisotopic (exact) mass is 265 g/mol. The highest BCUT2D eigenvalue weighted by Crippen LogP contribution is 2.29. The van der Waals surface area contributed by atoms with Gasteiger partial charge >= 0.3 is 0 Å². The van der Waals surface area contributed by atoms with Crippen LogP contribution in [0.5, 0.6) is 11.5 Å². The van der Waals surface area contributed by atoms with Gasteiger partial charge in [0.1, 0.15) is 0 Å². The van der Waals surface area contributed by atoms with Crippen LogP contribution in [0.4, 0.5) is 0 Å². The molecule has 0 spiro atoms. The summed E-state index contributed by atoms with van der Waals surface area (Å²) >= 11 is 0. The van der Waals surface area contributed by atoms with E-state index in [0.717, 1.165) is 31.0 Å². The fourth-order valence-corrected chi connectivity index (χ4v) is 1.75. The number of methoxy groups -OCH3 is 1. The van der Waals surface area contributed by atoms with E-state index in [4.69, 9.17) is 9.47 Å². The predicted octanol–water partition coefficient (Wildman–Crippen LogP) is 3.76. The van der Waals surface area contributed by atoms with Crippen molar-refractivity contribution in [1.82, 2.24) is 5.32 Å². The molecule has 1 atom stereocenters. The fourth-order valence-electron chi connectivity index (χ4n) is 1.75. The lowest BCUT2D eigenvalue weighted by molar-refractivity contribution is 0.207. The molecule has 0 saturated carbocycles. The number of hydrogen-bond donors (Lipinski definition) is 1. The van der Waals surface area contributed by atoms with E-state index in [2.05, 4.69) is 38.2 Å². The SMILES string of the molecule is CCCCNCc1ccc(O[C@H](C)CC)c(OC)c1. The van der Waals surface area contributed by atoms with E-state index in [1.54, 1.807) is 7.11 Å². The minimum absolute atomic E-state index is 0.211. The average Bonchev–Trinajstić information content (AvgIpc) is 2.44. The maximum Gasteiger partial charge on any atom is 0.161 e. The molecule has 1 rings (SSSR count). The first-order chi connectivity index (χ1) is 9.21. The summed E-state index contributed by atoms with van der Waals surface area (Å²) in [6.07, 6.45) is 3.64. The zero-order valence-corrected chi connectivity index (χ0v) is 12.7. The summed E-state index contributed by atoms with van der Waals surface area (Å²) in [4.78, 5) is 0. The third-order valence-corrected chi connectivity index (χ3v) is 3.17. The number of hydrogen-bond acceptors (Lipinski definition) is 3. The molecule has 0 radical (unpaired) electrons. The molecule has 108 valence electrons. The van der Waals surface area contributed by atoms with Crippen molar-refractivity contribution in [2.24, 2.45) is 0 Å². The zero-order chi connectivity index (χ0) is 14.1. The van der Waals surface area contributed by atoms with E-state index in [0.29, 0.717) is 0 Å². The van der Waals surface area contributed by atoms with Crippen LogP contribution in [0.3, 0.4) is 0 Å². The summed E-state index contributed by atoms with van der Waals surface area (Å²) in [6, 6.07) is 6.15. The fraction of sp³-hybridized carbons (Fsp3) is 0.625. The summed E-state index contributed by atoms with van der Waals surface area (Å²) in [6.45, 7) is 8.32. The van der Waals surface area contributed by atoms with Crippen LogP contribution < -0.4 is 14.8 Å². The molecule has 1 aromatic carbocycles. The minimum atomic E-state index is 0.211. The smallest absolute Gasteiger partial charge is 0.161 e. The summed E-state index contributed by atoms with van der Waals surface area (Å²) < 4.78 is 11.2. The standard InChI is InChI=1S/C16H27NO2/c1-5-7-10-17-12-14-8-9-15(16(11-14)18-4)19-13(3)6-2/h8-9,11,13,17H,5-7,10,12H2,1-4H3/t13-/m1/s1. The quantitative estimate of drug-likeness (QED) is 0.690. The van der Waals surface area contributed by atoms with Crippen molar-refractivity contribution in [2.45, 2.75) is 52.7 Å². The van der Waals surface area contributed by atoms with Crippen molar-refractivity contribution >= 4 is 0 Å². The lowest BCUT2D eigenvalue weighted by Crippen LogP contribution is -2.15.